The highest BCUT2D eigenvalue weighted by atomic mass is 14.5. The molecule has 0 aliphatic heterocycles. The molecule has 0 saturated heterocycles. The molecule has 0 aliphatic rings. The smallest absolute Gasteiger partial charge is 0.0343 e. The van der Waals surface area contributed by atoms with E-state index in [1.54, 1.807) is 0 Å². The molecule has 0 amide bonds. The van der Waals surface area contributed by atoms with Crippen LogP contribution in [-0.2, 0) is 0 Å². The summed E-state index contributed by atoms with van der Waals surface area (Å²) in [4.78, 5) is 0. The minimum Gasteiger partial charge on any atom is -0.399 e. The molecule has 2 rings (SSSR count). The van der Waals surface area contributed by atoms with E-state index in [1.807, 2.05) is 31.2 Å². The van der Waals surface area contributed by atoms with Crippen molar-refractivity contribution >= 4 is 11.4 Å². The lowest BCUT2D eigenvalue weighted by Crippen LogP contribution is -1.88. The Bertz CT molecular complexity index is 513. The monoisotopic (exact) mass is 256 g/mol. The quantitative estimate of drug-likeness (QED) is 0.748. The maximum Gasteiger partial charge on any atom is 0.0343 e. The van der Waals surface area contributed by atoms with Crippen molar-refractivity contribution in [2.45, 2.75) is 33.6 Å². The van der Waals surface area contributed by atoms with Crippen LogP contribution in [0.1, 0.15) is 36.5 Å². The molecule has 0 bridgehead atoms. The van der Waals surface area contributed by atoms with Crippen molar-refractivity contribution in [3.63, 3.8) is 0 Å². The van der Waals surface area contributed by atoms with Gasteiger partial charge >= 0.3 is 0 Å². The molecule has 0 radical (unpaired) electrons. The molecule has 2 nitrogen and oxygen atoms in total. The van der Waals surface area contributed by atoms with Gasteiger partial charge in [0, 0.05) is 11.4 Å². The molecule has 0 aromatic heterocycles. The molecule has 4 N–H and O–H groups in total. The summed E-state index contributed by atoms with van der Waals surface area (Å²) in [7, 11) is 0. The molecule has 0 aliphatic carbocycles. The normalized spacial score (nSPS) is 9.95. The van der Waals surface area contributed by atoms with E-state index in [0.29, 0.717) is 5.92 Å². The van der Waals surface area contributed by atoms with Crippen molar-refractivity contribution in [1.29, 1.82) is 0 Å². The summed E-state index contributed by atoms with van der Waals surface area (Å²) in [6, 6.07) is 14.0. The van der Waals surface area contributed by atoms with Gasteiger partial charge in [-0.2, -0.15) is 0 Å². The van der Waals surface area contributed by atoms with Gasteiger partial charge in [-0.25, -0.2) is 0 Å². The summed E-state index contributed by atoms with van der Waals surface area (Å²) >= 11 is 0. The molecular formula is C17H24N2. The van der Waals surface area contributed by atoms with Gasteiger partial charge < -0.3 is 11.5 Å². The molecule has 0 spiro atoms. The van der Waals surface area contributed by atoms with Gasteiger partial charge in [0.15, 0.2) is 0 Å². The highest BCUT2D eigenvalue weighted by Gasteiger charge is 1.95. The van der Waals surface area contributed by atoms with Crippen molar-refractivity contribution in [3.8, 4) is 0 Å². The van der Waals surface area contributed by atoms with Crippen molar-refractivity contribution in [2.75, 3.05) is 11.5 Å². The van der Waals surface area contributed by atoms with E-state index in [9.17, 15) is 0 Å². The predicted octanol–water partition coefficient (Wildman–Crippen LogP) is 4.28. The topological polar surface area (TPSA) is 52.0 Å². The van der Waals surface area contributed by atoms with Crippen molar-refractivity contribution in [1.82, 2.24) is 0 Å². The van der Waals surface area contributed by atoms with E-state index in [0.717, 1.165) is 16.9 Å². The third-order valence-corrected chi connectivity index (χ3v) is 3.03. The average Bonchev–Trinajstić information content (AvgIpc) is 2.35. The molecule has 2 aromatic rings. The Morgan fingerprint density at radius 3 is 1.84 bits per heavy atom. The standard InChI is InChI=1S/C9H13N.C8H11N/c1-7(2)8-3-5-9(10)6-4-8;1-6-3-4-8(9)7(2)5-6/h3-7H,10H2,1-2H3;3-5H,9H2,1-2H3. The fourth-order valence-electron chi connectivity index (χ4n) is 1.71. The van der Waals surface area contributed by atoms with Crippen LogP contribution in [-0.4, -0.2) is 0 Å². The van der Waals surface area contributed by atoms with Gasteiger partial charge in [-0.3, -0.25) is 0 Å². The van der Waals surface area contributed by atoms with Crippen molar-refractivity contribution in [2.24, 2.45) is 0 Å². The highest BCUT2D eigenvalue weighted by molar-refractivity contribution is 5.47. The first-order chi connectivity index (χ1) is 8.90. The second-order valence-corrected chi connectivity index (χ2v) is 5.18. The van der Waals surface area contributed by atoms with Crippen LogP contribution in [0.2, 0.25) is 0 Å². The summed E-state index contributed by atoms with van der Waals surface area (Å²) in [5.41, 5.74) is 16.6. The van der Waals surface area contributed by atoms with E-state index < -0.39 is 0 Å². The van der Waals surface area contributed by atoms with Gasteiger partial charge in [0.1, 0.15) is 0 Å². The first-order valence-corrected chi connectivity index (χ1v) is 6.58. The number of hydrogen-bond donors (Lipinski definition) is 2. The van der Waals surface area contributed by atoms with Crippen LogP contribution in [0.3, 0.4) is 0 Å². The molecule has 2 heteroatoms. The minimum atomic E-state index is 0.598. The second-order valence-electron chi connectivity index (χ2n) is 5.18. The Labute approximate surface area is 116 Å². The summed E-state index contributed by atoms with van der Waals surface area (Å²) in [6.45, 7) is 8.42. The molecule has 19 heavy (non-hydrogen) atoms. The van der Waals surface area contributed by atoms with E-state index in [2.05, 4.69) is 39.0 Å². The van der Waals surface area contributed by atoms with Crippen LogP contribution in [0.15, 0.2) is 42.5 Å². The highest BCUT2D eigenvalue weighted by Crippen LogP contribution is 2.14. The van der Waals surface area contributed by atoms with Gasteiger partial charge in [-0.15, -0.1) is 0 Å². The second kappa shape index (κ2) is 6.83. The molecule has 102 valence electrons. The Kier molecular flexibility index (Phi) is 5.43. The Balaban J connectivity index is 0.000000191. The first kappa shape index (κ1) is 15.1. The molecular weight excluding hydrogens is 232 g/mol. The molecule has 0 saturated carbocycles. The van der Waals surface area contributed by atoms with E-state index >= 15 is 0 Å². The van der Waals surface area contributed by atoms with Crippen LogP contribution in [0, 0.1) is 13.8 Å². The van der Waals surface area contributed by atoms with Gasteiger partial charge in [-0.05, 0) is 49.1 Å². The SMILES string of the molecule is CC(C)c1ccc(N)cc1.Cc1ccc(N)c(C)c1. The zero-order valence-electron chi connectivity index (χ0n) is 12.3. The van der Waals surface area contributed by atoms with Gasteiger partial charge in [-0.1, -0.05) is 43.7 Å². The molecule has 0 atom stereocenters. The summed E-state index contributed by atoms with van der Waals surface area (Å²) < 4.78 is 0. The van der Waals surface area contributed by atoms with Crippen LogP contribution in [0.5, 0.6) is 0 Å². The number of aryl methyl sites for hydroxylation is 2. The van der Waals surface area contributed by atoms with Crippen LogP contribution in [0.25, 0.3) is 0 Å². The number of hydrogen-bond acceptors (Lipinski definition) is 2. The summed E-state index contributed by atoms with van der Waals surface area (Å²) in [5.74, 6) is 0.598. The Morgan fingerprint density at radius 2 is 1.42 bits per heavy atom. The lowest BCUT2D eigenvalue weighted by atomic mass is 10.0. The fraction of sp³-hybridized carbons (Fsp3) is 0.294. The minimum absolute atomic E-state index is 0.598. The van der Waals surface area contributed by atoms with Gasteiger partial charge in [0.25, 0.3) is 0 Å². The van der Waals surface area contributed by atoms with Gasteiger partial charge in [0.05, 0.1) is 0 Å². The van der Waals surface area contributed by atoms with E-state index in [1.165, 1.54) is 11.1 Å². The van der Waals surface area contributed by atoms with Crippen molar-refractivity contribution in [3.05, 3.63) is 59.2 Å². The number of benzene rings is 2. The predicted molar refractivity (Wildman–Crippen MR) is 85.3 cm³/mol. The van der Waals surface area contributed by atoms with Crippen LogP contribution in [0.4, 0.5) is 11.4 Å². The zero-order valence-corrected chi connectivity index (χ0v) is 12.3. The third-order valence-electron chi connectivity index (χ3n) is 3.03. The van der Waals surface area contributed by atoms with Gasteiger partial charge in [0.2, 0.25) is 0 Å². The summed E-state index contributed by atoms with van der Waals surface area (Å²) in [6.07, 6.45) is 0. The molecule has 2 aromatic carbocycles. The maximum absolute atomic E-state index is 5.59. The lowest BCUT2D eigenvalue weighted by molar-refractivity contribution is 0.867. The van der Waals surface area contributed by atoms with E-state index in [-0.39, 0.29) is 0 Å². The van der Waals surface area contributed by atoms with Crippen molar-refractivity contribution < 1.29 is 0 Å². The number of rotatable bonds is 1. The Morgan fingerprint density at radius 1 is 0.842 bits per heavy atom. The summed E-state index contributed by atoms with van der Waals surface area (Å²) in [5, 5.41) is 0. The largest absolute Gasteiger partial charge is 0.399 e. The first-order valence-electron chi connectivity index (χ1n) is 6.58. The lowest BCUT2D eigenvalue weighted by Gasteiger charge is -2.03. The Hall–Kier alpha value is -1.96. The number of nitrogen functional groups attached to an aromatic ring is 2. The fourth-order valence-corrected chi connectivity index (χ4v) is 1.71. The van der Waals surface area contributed by atoms with E-state index in [4.69, 9.17) is 11.5 Å². The number of anilines is 2. The third kappa shape index (κ3) is 5.04. The molecule has 0 unspecified atom stereocenters. The number of nitrogens with two attached hydrogens (primary N) is 2. The zero-order chi connectivity index (χ0) is 14.4. The maximum atomic E-state index is 5.59. The van der Waals surface area contributed by atoms with Crippen LogP contribution >= 0.6 is 0 Å². The molecule has 0 fully saturated rings. The average molecular weight is 256 g/mol. The molecule has 0 heterocycles. The van der Waals surface area contributed by atoms with Crippen LogP contribution < -0.4 is 11.5 Å².